The summed E-state index contributed by atoms with van der Waals surface area (Å²) in [5.41, 5.74) is 2.50. The van der Waals surface area contributed by atoms with Crippen LogP contribution in [0.25, 0.3) is 4.96 Å². The maximum absolute atomic E-state index is 11.0. The summed E-state index contributed by atoms with van der Waals surface area (Å²) in [4.78, 5) is 11.0. The maximum atomic E-state index is 11.0. The van der Waals surface area contributed by atoms with Gasteiger partial charge in [-0.05, 0) is 30.2 Å². The van der Waals surface area contributed by atoms with E-state index in [0.717, 1.165) is 52.6 Å². The molecule has 1 fully saturated rings. The van der Waals surface area contributed by atoms with Gasteiger partial charge in [-0.25, -0.2) is 4.98 Å². The molecule has 31 heavy (non-hydrogen) atoms. The third-order valence-electron chi connectivity index (χ3n) is 5.74. The molecule has 1 aliphatic rings. The molecule has 0 amide bonds. The average Bonchev–Trinajstić information content (AvgIpc) is 3.27. The molecule has 6 nitrogen and oxygen atoms in total. The fourth-order valence-corrected chi connectivity index (χ4v) is 5.83. The van der Waals surface area contributed by atoms with Crippen molar-refractivity contribution >= 4 is 32.2 Å². The highest BCUT2D eigenvalue weighted by Crippen LogP contribution is 2.40. The molecule has 1 aliphatic heterocycles. The van der Waals surface area contributed by atoms with Crippen LogP contribution in [0.2, 0.25) is 0 Å². The van der Waals surface area contributed by atoms with Gasteiger partial charge < -0.3 is 5.11 Å². The van der Waals surface area contributed by atoms with E-state index < -0.39 is 0 Å². The normalized spacial score (nSPS) is 16.7. The Bertz CT molecular complexity index is 1180. The van der Waals surface area contributed by atoms with E-state index in [2.05, 4.69) is 84.3 Å². The monoisotopic (exact) mass is 497 g/mol. The Hall–Kier alpha value is -2.26. The first-order valence-electron chi connectivity index (χ1n) is 10.4. The van der Waals surface area contributed by atoms with Gasteiger partial charge in [-0.3, -0.25) is 9.80 Å². The number of benzene rings is 2. The van der Waals surface area contributed by atoms with Gasteiger partial charge in [0.25, 0.3) is 0 Å². The number of nitrogens with zero attached hydrogens (tertiary/aromatic N) is 5. The number of hydrogen-bond acceptors (Lipinski definition) is 6. The molecule has 2 aromatic carbocycles. The van der Waals surface area contributed by atoms with E-state index in [4.69, 9.17) is 0 Å². The highest BCUT2D eigenvalue weighted by molar-refractivity contribution is 9.10. The Morgan fingerprint density at radius 1 is 1.06 bits per heavy atom. The molecule has 0 saturated carbocycles. The standard InChI is InChI=1S/C23H24BrN5OS/c1-16-25-23-29(26-16)22(30)21(31-23)20(18-8-5-9-19(24)14-18)28-12-10-27(11-13-28)15-17-6-3-2-4-7-17/h2-9,14,20,30H,10-13,15H2,1H3/t20-/m1/s1. The van der Waals surface area contributed by atoms with Crippen LogP contribution in [0.5, 0.6) is 5.88 Å². The van der Waals surface area contributed by atoms with Gasteiger partial charge >= 0.3 is 0 Å². The van der Waals surface area contributed by atoms with Crippen molar-refractivity contribution in [2.75, 3.05) is 26.2 Å². The summed E-state index contributed by atoms with van der Waals surface area (Å²) in [6, 6.07) is 18.9. The largest absolute Gasteiger partial charge is 0.492 e. The van der Waals surface area contributed by atoms with Gasteiger partial charge in [-0.1, -0.05) is 69.7 Å². The first kappa shape index (κ1) is 20.6. The Kier molecular flexibility index (Phi) is 5.79. The minimum absolute atomic E-state index is 0.0369. The van der Waals surface area contributed by atoms with Crippen molar-refractivity contribution in [3.8, 4) is 5.88 Å². The van der Waals surface area contributed by atoms with Crippen LogP contribution in [0.1, 0.15) is 27.9 Å². The molecule has 5 rings (SSSR count). The zero-order chi connectivity index (χ0) is 21.4. The van der Waals surface area contributed by atoms with Gasteiger partial charge in [0.15, 0.2) is 0 Å². The Labute approximate surface area is 193 Å². The molecule has 160 valence electrons. The Morgan fingerprint density at radius 2 is 1.84 bits per heavy atom. The van der Waals surface area contributed by atoms with Crippen molar-refractivity contribution in [2.24, 2.45) is 0 Å². The van der Waals surface area contributed by atoms with E-state index in [1.807, 2.05) is 13.0 Å². The molecule has 1 N–H and O–H groups in total. The van der Waals surface area contributed by atoms with E-state index in [0.29, 0.717) is 5.82 Å². The second-order valence-electron chi connectivity index (χ2n) is 7.90. The SMILES string of the molecule is Cc1nc2sc([C@@H](c3cccc(Br)c3)N3CCN(Cc4ccccc4)CC3)c(O)n2n1. The van der Waals surface area contributed by atoms with Crippen LogP contribution < -0.4 is 0 Å². The van der Waals surface area contributed by atoms with Crippen LogP contribution in [-0.2, 0) is 6.54 Å². The summed E-state index contributed by atoms with van der Waals surface area (Å²) in [5.74, 6) is 0.860. The minimum Gasteiger partial charge on any atom is -0.492 e. The smallest absolute Gasteiger partial charge is 0.230 e. The number of halogens is 1. The predicted octanol–water partition coefficient (Wildman–Crippen LogP) is 4.47. The van der Waals surface area contributed by atoms with Crippen LogP contribution in [0.15, 0.2) is 59.1 Å². The van der Waals surface area contributed by atoms with E-state index in [1.165, 1.54) is 16.9 Å². The quantitative estimate of drug-likeness (QED) is 0.440. The lowest BCUT2D eigenvalue weighted by molar-refractivity contribution is 0.105. The molecule has 1 saturated heterocycles. The number of rotatable bonds is 5. The molecule has 2 aromatic heterocycles. The molecule has 0 bridgehead atoms. The van der Waals surface area contributed by atoms with E-state index >= 15 is 0 Å². The van der Waals surface area contributed by atoms with Gasteiger partial charge in [0.1, 0.15) is 5.82 Å². The minimum atomic E-state index is -0.0369. The van der Waals surface area contributed by atoms with Crippen LogP contribution in [0, 0.1) is 6.92 Å². The van der Waals surface area contributed by atoms with Crippen molar-refractivity contribution in [1.29, 1.82) is 0 Å². The first-order valence-corrected chi connectivity index (χ1v) is 12.0. The molecule has 8 heteroatoms. The maximum Gasteiger partial charge on any atom is 0.230 e. The molecule has 0 unspecified atom stereocenters. The molecule has 1 atom stereocenters. The fraction of sp³-hybridized carbons (Fsp3) is 0.304. The van der Waals surface area contributed by atoms with Gasteiger partial charge in [0.05, 0.1) is 10.9 Å². The number of thiazole rings is 1. The van der Waals surface area contributed by atoms with Crippen molar-refractivity contribution in [2.45, 2.75) is 19.5 Å². The molecule has 3 heterocycles. The molecule has 0 spiro atoms. The second-order valence-corrected chi connectivity index (χ2v) is 9.82. The number of aromatic nitrogens is 3. The molecular formula is C23H24BrN5OS. The van der Waals surface area contributed by atoms with Crippen molar-refractivity contribution in [3.63, 3.8) is 0 Å². The van der Waals surface area contributed by atoms with Crippen molar-refractivity contribution in [3.05, 3.63) is 80.9 Å². The summed E-state index contributed by atoms with van der Waals surface area (Å²) in [5, 5.41) is 15.4. The predicted molar refractivity (Wildman–Crippen MR) is 127 cm³/mol. The van der Waals surface area contributed by atoms with Gasteiger partial charge in [0, 0.05) is 37.2 Å². The zero-order valence-electron chi connectivity index (χ0n) is 17.3. The Morgan fingerprint density at radius 3 is 2.55 bits per heavy atom. The topological polar surface area (TPSA) is 56.9 Å². The summed E-state index contributed by atoms with van der Waals surface area (Å²) < 4.78 is 2.60. The van der Waals surface area contributed by atoms with Gasteiger partial charge in [-0.15, -0.1) is 5.10 Å². The third kappa shape index (κ3) is 4.25. The second kappa shape index (κ2) is 8.70. The van der Waals surface area contributed by atoms with Gasteiger partial charge in [-0.2, -0.15) is 4.52 Å². The Balaban J connectivity index is 1.43. The lowest BCUT2D eigenvalue weighted by Crippen LogP contribution is -2.47. The third-order valence-corrected chi connectivity index (χ3v) is 7.31. The molecule has 0 aliphatic carbocycles. The summed E-state index contributed by atoms with van der Waals surface area (Å²) >= 11 is 5.13. The van der Waals surface area contributed by atoms with Crippen LogP contribution >= 0.6 is 27.3 Å². The summed E-state index contributed by atoms with van der Waals surface area (Å²) in [6.45, 7) is 6.64. The van der Waals surface area contributed by atoms with Gasteiger partial charge in [0.2, 0.25) is 10.8 Å². The summed E-state index contributed by atoms with van der Waals surface area (Å²) in [6.07, 6.45) is 0. The van der Waals surface area contributed by atoms with E-state index in [9.17, 15) is 5.11 Å². The van der Waals surface area contributed by atoms with E-state index in [1.54, 1.807) is 4.52 Å². The average molecular weight is 498 g/mol. The molecule has 0 radical (unpaired) electrons. The number of piperazine rings is 1. The van der Waals surface area contributed by atoms with Crippen LogP contribution in [0.4, 0.5) is 0 Å². The lowest BCUT2D eigenvalue weighted by Gasteiger charge is -2.39. The van der Waals surface area contributed by atoms with Crippen LogP contribution in [-0.4, -0.2) is 55.7 Å². The lowest BCUT2D eigenvalue weighted by atomic mass is 10.0. The molecule has 4 aromatic rings. The first-order chi connectivity index (χ1) is 15.1. The zero-order valence-corrected chi connectivity index (χ0v) is 19.7. The number of hydrogen-bond donors (Lipinski definition) is 1. The van der Waals surface area contributed by atoms with Crippen molar-refractivity contribution in [1.82, 2.24) is 24.4 Å². The number of fused-ring (bicyclic) bond motifs is 1. The molecular weight excluding hydrogens is 474 g/mol. The fourth-order valence-electron chi connectivity index (χ4n) is 4.25. The number of aromatic hydroxyl groups is 1. The highest BCUT2D eigenvalue weighted by Gasteiger charge is 2.31. The van der Waals surface area contributed by atoms with E-state index in [-0.39, 0.29) is 11.9 Å². The van der Waals surface area contributed by atoms with Crippen molar-refractivity contribution < 1.29 is 5.11 Å². The van der Waals surface area contributed by atoms with Crippen LogP contribution in [0.3, 0.4) is 0 Å². The summed E-state index contributed by atoms with van der Waals surface area (Å²) in [7, 11) is 0. The number of aryl methyl sites for hydroxylation is 1. The highest BCUT2D eigenvalue weighted by atomic mass is 79.9.